The number of sulfonamides is 1. The number of anilines is 1. The van der Waals surface area contributed by atoms with Crippen molar-refractivity contribution >= 4 is 21.7 Å². The summed E-state index contributed by atoms with van der Waals surface area (Å²) in [6.07, 6.45) is 0. The van der Waals surface area contributed by atoms with E-state index in [0.717, 1.165) is 5.56 Å². The second kappa shape index (κ2) is 7.43. The highest BCUT2D eigenvalue weighted by atomic mass is 32.2. The van der Waals surface area contributed by atoms with Crippen molar-refractivity contribution in [1.82, 2.24) is 0 Å². The molecule has 1 N–H and O–H groups in total. The smallest absolute Gasteiger partial charge is 0.341 e. The van der Waals surface area contributed by atoms with Gasteiger partial charge >= 0.3 is 5.97 Å². The van der Waals surface area contributed by atoms with Crippen molar-refractivity contribution in [2.75, 3.05) is 26.1 Å². The molecular formula is C17H19NO6S. The van der Waals surface area contributed by atoms with Gasteiger partial charge < -0.3 is 14.2 Å². The van der Waals surface area contributed by atoms with Gasteiger partial charge in [0.25, 0.3) is 10.0 Å². The maximum Gasteiger partial charge on any atom is 0.341 e. The van der Waals surface area contributed by atoms with Crippen LogP contribution >= 0.6 is 0 Å². The van der Waals surface area contributed by atoms with E-state index in [1.54, 1.807) is 12.1 Å². The van der Waals surface area contributed by atoms with Gasteiger partial charge in [-0.05, 0) is 31.2 Å². The molecule has 0 bridgehead atoms. The van der Waals surface area contributed by atoms with E-state index in [0.29, 0.717) is 0 Å². The van der Waals surface area contributed by atoms with E-state index in [2.05, 4.69) is 4.72 Å². The number of aryl methyl sites for hydroxylation is 1. The average Bonchev–Trinajstić information content (AvgIpc) is 2.60. The van der Waals surface area contributed by atoms with Crippen molar-refractivity contribution in [1.29, 1.82) is 0 Å². The summed E-state index contributed by atoms with van der Waals surface area (Å²) in [5.74, 6) is -0.433. The highest BCUT2D eigenvalue weighted by molar-refractivity contribution is 7.92. The van der Waals surface area contributed by atoms with Crippen LogP contribution in [0.1, 0.15) is 15.9 Å². The van der Waals surface area contributed by atoms with E-state index in [1.807, 2.05) is 6.92 Å². The number of ether oxygens (including phenoxy) is 3. The monoisotopic (exact) mass is 365 g/mol. The summed E-state index contributed by atoms with van der Waals surface area (Å²) >= 11 is 0. The fraction of sp³-hybridized carbons (Fsp3) is 0.235. The second-order valence-corrected chi connectivity index (χ2v) is 6.82. The first-order valence-electron chi connectivity index (χ1n) is 7.26. The molecule has 0 aliphatic carbocycles. The number of esters is 1. The largest absolute Gasteiger partial charge is 0.494 e. The van der Waals surface area contributed by atoms with Gasteiger partial charge in [0.2, 0.25) is 0 Å². The molecule has 0 spiro atoms. The molecule has 0 fully saturated rings. The standard InChI is InChI=1S/C17H19NO6S/c1-11-5-7-12(8-6-11)25(20,21)18-15-14(22-2)10-9-13(16(15)23-3)17(19)24-4/h5-10,18H,1-4H3. The molecule has 0 aliphatic heterocycles. The van der Waals surface area contributed by atoms with Gasteiger partial charge in [0.05, 0.1) is 26.2 Å². The molecule has 0 radical (unpaired) electrons. The molecule has 0 heterocycles. The summed E-state index contributed by atoms with van der Waals surface area (Å²) < 4.78 is 42.9. The lowest BCUT2D eigenvalue weighted by atomic mass is 10.1. The minimum Gasteiger partial charge on any atom is -0.494 e. The van der Waals surface area contributed by atoms with Gasteiger partial charge in [0.15, 0.2) is 5.75 Å². The maximum atomic E-state index is 12.7. The van der Waals surface area contributed by atoms with Crippen molar-refractivity contribution < 1.29 is 27.4 Å². The molecule has 0 aliphatic rings. The number of methoxy groups -OCH3 is 3. The molecule has 0 saturated heterocycles. The summed E-state index contributed by atoms with van der Waals surface area (Å²) in [7, 11) is 0.0273. The minimum absolute atomic E-state index is 0.0156. The third kappa shape index (κ3) is 3.85. The lowest BCUT2D eigenvalue weighted by Gasteiger charge is -2.17. The Morgan fingerprint density at radius 1 is 0.960 bits per heavy atom. The van der Waals surface area contributed by atoms with Crippen molar-refractivity contribution in [3.8, 4) is 11.5 Å². The second-order valence-electron chi connectivity index (χ2n) is 5.13. The summed E-state index contributed by atoms with van der Waals surface area (Å²) in [5.41, 5.74) is 1.03. The Balaban J connectivity index is 2.57. The number of benzene rings is 2. The van der Waals surface area contributed by atoms with E-state index >= 15 is 0 Å². The third-order valence-corrected chi connectivity index (χ3v) is 4.88. The molecule has 8 heteroatoms. The number of hydrogen-bond donors (Lipinski definition) is 1. The summed E-state index contributed by atoms with van der Waals surface area (Å²) in [5, 5.41) is 0. The van der Waals surface area contributed by atoms with Gasteiger partial charge in [-0.3, -0.25) is 4.72 Å². The molecule has 2 aromatic carbocycles. The molecule has 2 rings (SSSR count). The summed E-state index contributed by atoms with van der Waals surface area (Å²) in [6, 6.07) is 9.25. The molecule has 2 aromatic rings. The molecular weight excluding hydrogens is 346 g/mol. The molecule has 0 atom stereocenters. The fourth-order valence-electron chi connectivity index (χ4n) is 2.22. The van der Waals surface area contributed by atoms with Crippen LogP contribution in [0.2, 0.25) is 0 Å². The molecule has 134 valence electrons. The Morgan fingerprint density at radius 3 is 2.12 bits per heavy atom. The Morgan fingerprint density at radius 2 is 1.60 bits per heavy atom. The summed E-state index contributed by atoms with van der Waals surface area (Å²) in [4.78, 5) is 12.0. The van der Waals surface area contributed by atoms with Crippen molar-refractivity contribution in [3.63, 3.8) is 0 Å². The average molecular weight is 365 g/mol. The highest BCUT2D eigenvalue weighted by Crippen LogP contribution is 2.39. The molecule has 0 aromatic heterocycles. The van der Waals surface area contributed by atoms with Gasteiger partial charge in [-0.25, -0.2) is 13.2 Å². The van der Waals surface area contributed by atoms with Crippen LogP contribution in [0.25, 0.3) is 0 Å². The lowest BCUT2D eigenvalue weighted by molar-refractivity contribution is 0.0597. The van der Waals surface area contributed by atoms with Crippen LogP contribution < -0.4 is 14.2 Å². The van der Waals surface area contributed by atoms with Crippen molar-refractivity contribution in [3.05, 3.63) is 47.5 Å². The summed E-state index contributed by atoms with van der Waals surface area (Å²) in [6.45, 7) is 1.86. The van der Waals surface area contributed by atoms with Crippen molar-refractivity contribution in [2.45, 2.75) is 11.8 Å². The zero-order chi connectivity index (χ0) is 18.6. The van der Waals surface area contributed by atoms with Crippen LogP contribution in [0.5, 0.6) is 11.5 Å². The highest BCUT2D eigenvalue weighted by Gasteiger charge is 2.24. The van der Waals surface area contributed by atoms with E-state index in [-0.39, 0.29) is 27.6 Å². The normalized spacial score (nSPS) is 10.9. The quantitative estimate of drug-likeness (QED) is 0.791. The zero-order valence-electron chi connectivity index (χ0n) is 14.3. The van der Waals surface area contributed by atoms with Crippen LogP contribution in [0, 0.1) is 6.92 Å². The number of nitrogens with one attached hydrogen (secondary N) is 1. The van der Waals surface area contributed by atoms with E-state index in [1.165, 1.54) is 45.6 Å². The van der Waals surface area contributed by atoms with E-state index in [9.17, 15) is 13.2 Å². The van der Waals surface area contributed by atoms with Gasteiger partial charge in [-0.2, -0.15) is 0 Å². The van der Waals surface area contributed by atoms with Crippen LogP contribution in [-0.2, 0) is 14.8 Å². The molecule has 0 saturated carbocycles. The fourth-order valence-corrected chi connectivity index (χ4v) is 3.30. The number of hydrogen-bond acceptors (Lipinski definition) is 6. The molecule has 7 nitrogen and oxygen atoms in total. The minimum atomic E-state index is -3.91. The van der Waals surface area contributed by atoms with Crippen LogP contribution in [0.4, 0.5) is 5.69 Å². The van der Waals surface area contributed by atoms with Gasteiger partial charge in [0.1, 0.15) is 17.0 Å². The Labute approximate surface area is 146 Å². The van der Waals surface area contributed by atoms with Gasteiger partial charge in [-0.1, -0.05) is 17.7 Å². The zero-order valence-corrected chi connectivity index (χ0v) is 15.1. The van der Waals surface area contributed by atoms with E-state index in [4.69, 9.17) is 14.2 Å². The number of carbonyl (C=O) groups excluding carboxylic acids is 1. The lowest BCUT2D eigenvalue weighted by Crippen LogP contribution is -2.16. The SMILES string of the molecule is COC(=O)c1ccc(OC)c(NS(=O)(=O)c2ccc(C)cc2)c1OC. The maximum absolute atomic E-state index is 12.7. The Hall–Kier alpha value is -2.74. The first kappa shape index (κ1) is 18.6. The molecule has 0 amide bonds. The Bertz CT molecular complexity index is 875. The molecule has 25 heavy (non-hydrogen) atoms. The topological polar surface area (TPSA) is 90.9 Å². The predicted molar refractivity (Wildman–Crippen MR) is 92.9 cm³/mol. The van der Waals surface area contributed by atoms with Gasteiger partial charge in [-0.15, -0.1) is 0 Å². The van der Waals surface area contributed by atoms with Crippen LogP contribution in [0.3, 0.4) is 0 Å². The molecule has 0 unspecified atom stereocenters. The third-order valence-electron chi connectivity index (χ3n) is 3.52. The first-order valence-corrected chi connectivity index (χ1v) is 8.75. The van der Waals surface area contributed by atoms with E-state index < -0.39 is 16.0 Å². The Kier molecular flexibility index (Phi) is 5.53. The van der Waals surface area contributed by atoms with Crippen LogP contribution in [0.15, 0.2) is 41.3 Å². The first-order chi connectivity index (χ1) is 11.8. The van der Waals surface area contributed by atoms with Crippen LogP contribution in [-0.4, -0.2) is 35.7 Å². The number of rotatable bonds is 6. The predicted octanol–water partition coefficient (Wildman–Crippen LogP) is 2.60. The van der Waals surface area contributed by atoms with Gasteiger partial charge in [0, 0.05) is 0 Å². The number of carbonyl (C=O) groups is 1. The van der Waals surface area contributed by atoms with Crippen molar-refractivity contribution in [2.24, 2.45) is 0 Å².